The van der Waals surface area contributed by atoms with Crippen LogP contribution < -0.4 is 0 Å². The summed E-state index contributed by atoms with van der Waals surface area (Å²) < 4.78 is 2.67. The highest BCUT2D eigenvalue weighted by Gasteiger charge is 2.05. The van der Waals surface area contributed by atoms with Crippen LogP contribution in [-0.4, -0.2) is 0 Å². The summed E-state index contributed by atoms with van der Waals surface area (Å²) in [6, 6.07) is 8.68. The van der Waals surface area contributed by atoms with Crippen LogP contribution in [0.5, 0.6) is 0 Å². The van der Waals surface area contributed by atoms with Gasteiger partial charge in [-0.25, -0.2) is 0 Å². The molecule has 1 aromatic carbocycles. The van der Waals surface area contributed by atoms with E-state index >= 15 is 0 Å². The van der Waals surface area contributed by atoms with Gasteiger partial charge in [0.05, 0.1) is 0 Å². The number of rotatable bonds is 5. The molecule has 0 bridgehead atoms. The third kappa shape index (κ3) is 4.21. The maximum Gasteiger partial charge on any atom is 0.0175 e. The van der Waals surface area contributed by atoms with E-state index in [9.17, 15) is 0 Å². The van der Waals surface area contributed by atoms with Gasteiger partial charge in [0, 0.05) is 4.47 Å². The van der Waals surface area contributed by atoms with E-state index in [0.29, 0.717) is 0 Å². The molecule has 0 unspecified atom stereocenters. The molecule has 1 rings (SSSR count). The number of halogens is 2. The van der Waals surface area contributed by atoms with Crippen molar-refractivity contribution in [3.8, 4) is 0 Å². The van der Waals surface area contributed by atoms with Crippen molar-refractivity contribution in [1.29, 1.82) is 0 Å². The molecule has 0 radical (unpaired) electrons. The lowest BCUT2D eigenvalue weighted by molar-refractivity contribution is 0.929. The minimum absolute atomic E-state index is 1.15. The molecule has 0 spiro atoms. The quantitative estimate of drug-likeness (QED) is 0.523. The Balaban J connectivity index is 3.01. The van der Waals surface area contributed by atoms with Crippen molar-refractivity contribution >= 4 is 44.1 Å². The molecule has 2 heteroatoms. The summed E-state index contributed by atoms with van der Waals surface area (Å²) in [5.41, 5.74) is 2.90. The first kappa shape index (κ1) is 14.2. The summed E-state index contributed by atoms with van der Waals surface area (Å²) in [5, 5.41) is 0. The Bertz CT molecular complexity index is 352. The number of benzene rings is 1. The molecule has 0 atom stereocenters. The second-order valence-corrected chi connectivity index (χ2v) is 6.11. The highest BCUT2D eigenvalue weighted by molar-refractivity contribution is 14.1. The van der Waals surface area contributed by atoms with Crippen LogP contribution >= 0.6 is 38.5 Å². The SMILES string of the molecule is CCC/C(I)=C(\CCC)c1ccc(Br)cc1. The molecule has 0 aliphatic carbocycles. The largest absolute Gasteiger partial charge is 0.0651 e. The van der Waals surface area contributed by atoms with Crippen molar-refractivity contribution < 1.29 is 0 Å². The van der Waals surface area contributed by atoms with E-state index in [0.717, 1.165) is 4.47 Å². The van der Waals surface area contributed by atoms with Crippen LogP contribution in [0.4, 0.5) is 0 Å². The summed E-state index contributed by atoms with van der Waals surface area (Å²) in [4.78, 5) is 0. The molecule has 0 amide bonds. The Morgan fingerprint density at radius 1 is 1.06 bits per heavy atom. The third-order valence-corrected chi connectivity index (χ3v) is 4.21. The van der Waals surface area contributed by atoms with Gasteiger partial charge < -0.3 is 0 Å². The summed E-state index contributed by atoms with van der Waals surface area (Å²) in [6.07, 6.45) is 4.81. The molecule has 0 nitrogen and oxygen atoms in total. The second kappa shape index (κ2) is 7.49. The Labute approximate surface area is 121 Å². The van der Waals surface area contributed by atoms with Crippen molar-refractivity contribution in [2.75, 3.05) is 0 Å². The van der Waals surface area contributed by atoms with Gasteiger partial charge in [-0.15, -0.1) is 0 Å². The van der Waals surface area contributed by atoms with Crippen LogP contribution in [0, 0.1) is 0 Å². The van der Waals surface area contributed by atoms with Crippen molar-refractivity contribution in [2.45, 2.75) is 39.5 Å². The minimum Gasteiger partial charge on any atom is -0.0651 e. The zero-order valence-corrected chi connectivity index (χ0v) is 13.6. The molecule has 1 aromatic rings. The lowest BCUT2D eigenvalue weighted by Crippen LogP contribution is -1.88. The van der Waals surface area contributed by atoms with Crippen LogP contribution in [0.15, 0.2) is 32.3 Å². The van der Waals surface area contributed by atoms with Crippen molar-refractivity contribution in [2.24, 2.45) is 0 Å². The van der Waals surface area contributed by atoms with E-state index in [2.05, 4.69) is 76.6 Å². The Kier molecular flexibility index (Phi) is 6.66. The van der Waals surface area contributed by atoms with Crippen LogP contribution in [-0.2, 0) is 0 Å². The lowest BCUT2D eigenvalue weighted by Gasteiger charge is -2.10. The first-order chi connectivity index (χ1) is 7.69. The standard InChI is InChI=1S/C14H18BrI/c1-3-5-13(14(16)6-4-2)11-7-9-12(15)10-8-11/h7-10H,3-6H2,1-2H3/b14-13-. The zero-order chi connectivity index (χ0) is 12.0. The lowest BCUT2D eigenvalue weighted by atomic mass is 10.00. The van der Waals surface area contributed by atoms with Crippen LogP contribution in [0.2, 0.25) is 0 Å². The van der Waals surface area contributed by atoms with E-state index in [1.165, 1.54) is 40.4 Å². The molecule has 88 valence electrons. The number of hydrogen-bond acceptors (Lipinski definition) is 0. The molecular formula is C14H18BrI. The first-order valence-electron chi connectivity index (χ1n) is 5.82. The summed E-state index contributed by atoms with van der Waals surface area (Å²) in [7, 11) is 0. The van der Waals surface area contributed by atoms with Gasteiger partial charge >= 0.3 is 0 Å². The predicted molar refractivity (Wildman–Crippen MR) is 84.9 cm³/mol. The van der Waals surface area contributed by atoms with Crippen LogP contribution in [0.25, 0.3) is 5.57 Å². The Hall–Kier alpha value is 0.170. The topological polar surface area (TPSA) is 0 Å². The van der Waals surface area contributed by atoms with Gasteiger partial charge in [-0.05, 0) is 62.3 Å². The van der Waals surface area contributed by atoms with Gasteiger partial charge in [0.1, 0.15) is 0 Å². The van der Waals surface area contributed by atoms with Gasteiger partial charge in [-0.1, -0.05) is 54.8 Å². The molecule has 0 saturated carbocycles. The third-order valence-electron chi connectivity index (χ3n) is 2.49. The minimum atomic E-state index is 1.15. The maximum absolute atomic E-state index is 3.48. The van der Waals surface area contributed by atoms with E-state index in [1.807, 2.05) is 0 Å². The van der Waals surface area contributed by atoms with E-state index < -0.39 is 0 Å². The first-order valence-corrected chi connectivity index (χ1v) is 7.69. The predicted octanol–water partition coefficient (Wildman–Crippen LogP) is 6.20. The Morgan fingerprint density at radius 2 is 1.62 bits per heavy atom. The van der Waals surface area contributed by atoms with Crippen molar-refractivity contribution in [1.82, 2.24) is 0 Å². The van der Waals surface area contributed by atoms with Crippen molar-refractivity contribution in [3.63, 3.8) is 0 Å². The molecule has 0 heterocycles. The van der Waals surface area contributed by atoms with Gasteiger partial charge in [0.25, 0.3) is 0 Å². The van der Waals surface area contributed by atoms with Gasteiger partial charge in [0.2, 0.25) is 0 Å². The van der Waals surface area contributed by atoms with Gasteiger partial charge in [-0.2, -0.15) is 0 Å². The van der Waals surface area contributed by atoms with Crippen LogP contribution in [0.3, 0.4) is 0 Å². The molecule has 0 saturated heterocycles. The number of allylic oxidation sites excluding steroid dienone is 2. The molecule has 0 fully saturated rings. The normalized spacial score (nSPS) is 12.5. The summed E-state index contributed by atoms with van der Waals surface area (Å²) in [6.45, 7) is 4.48. The second-order valence-electron chi connectivity index (χ2n) is 3.89. The smallest absolute Gasteiger partial charge is 0.0175 e. The molecule has 0 aliphatic heterocycles. The molecule has 0 aromatic heterocycles. The fourth-order valence-electron chi connectivity index (χ4n) is 1.71. The van der Waals surface area contributed by atoms with Crippen LogP contribution in [0.1, 0.15) is 45.1 Å². The highest BCUT2D eigenvalue weighted by Crippen LogP contribution is 2.31. The van der Waals surface area contributed by atoms with Gasteiger partial charge in [-0.3, -0.25) is 0 Å². The summed E-state index contributed by atoms with van der Waals surface area (Å²) in [5.74, 6) is 0. The average molecular weight is 393 g/mol. The van der Waals surface area contributed by atoms with E-state index in [-0.39, 0.29) is 0 Å². The van der Waals surface area contributed by atoms with E-state index in [4.69, 9.17) is 0 Å². The number of hydrogen-bond donors (Lipinski definition) is 0. The van der Waals surface area contributed by atoms with Crippen molar-refractivity contribution in [3.05, 3.63) is 37.9 Å². The molecule has 16 heavy (non-hydrogen) atoms. The monoisotopic (exact) mass is 392 g/mol. The molecular weight excluding hydrogens is 375 g/mol. The Morgan fingerprint density at radius 3 is 2.12 bits per heavy atom. The highest BCUT2D eigenvalue weighted by atomic mass is 127. The zero-order valence-electron chi connectivity index (χ0n) is 9.89. The average Bonchev–Trinajstić information content (AvgIpc) is 2.28. The fourth-order valence-corrected chi connectivity index (χ4v) is 3.09. The maximum atomic E-state index is 3.48. The fraction of sp³-hybridized carbons (Fsp3) is 0.429. The molecule has 0 aliphatic rings. The summed E-state index contributed by atoms with van der Waals surface area (Å²) >= 11 is 5.99. The molecule has 0 N–H and O–H groups in total. The van der Waals surface area contributed by atoms with Gasteiger partial charge in [0.15, 0.2) is 0 Å². The van der Waals surface area contributed by atoms with E-state index in [1.54, 1.807) is 0 Å².